The van der Waals surface area contributed by atoms with E-state index in [4.69, 9.17) is 0 Å². The van der Waals surface area contributed by atoms with Gasteiger partial charge in [0.15, 0.2) is 0 Å². The zero-order valence-electron chi connectivity index (χ0n) is 12.8. The zero-order valence-corrected chi connectivity index (χ0v) is 13.6. The van der Waals surface area contributed by atoms with Crippen molar-refractivity contribution in [3.63, 3.8) is 0 Å². The molecule has 0 spiro atoms. The molecule has 0 aromatic heterocycles. The summed E-state index contributed by atoms with van der Waals surface area (Å²) >= 11 is 1.54. The number of carbonyl (C=O) groups is 2. The number of nitrogens with one attached hydrogen (secondary N) is 1. The van der Waals surface area contributed by atoms with Gasteiger partial charge in [0.2, 0.25) is 11.8 Å². The predicted octanol–water partition coefficient (Wildman–Crippen LogP) is 3.29. The summed E-state index contributed by atoms with van der Waals surface area (Å²) in [5.41, 5.74) is 2.29. The third-order valence-corrected chi connectivity index (χ3v) is 6.47. The number of amides is 2. The smallest absolute Gasteiger partial charge is 0.244 e. The maximum Gasteiger partial charge on any atom is 0.244 e. The van der Waals surface area contributed by atoms with E-state index in [1.165, 1.54) is 0 Å². The van der Waals surface area contributed by atoms with Crippen LogP contribution < -0.4 is 5.32 Å². The highest BCUT2D eigenvalue weighted by molar-refractivity contribution is 8.01. The quantitative estimate of drug-likeness (QED) is 0.882. The van der Waals surface area contributed by atoms with Gasteiger partial charge in [0, 0.05) is 10.8 Å². The second-order valence-electron chi connectivity index (χ2n) is 6.28. The van der Waals surface area contributed by atoms with Crippen molar-refractivity contribution in [3.05, 3.63) is 65.7 Å². The monoisotopic (exact) mass is 323 g/mol. The standard InChI is InChI=1S/C19H17NO2S/c1-12-6-5-9-14(10-12)23-19-15(13-7-3-2-4-8-13)11-16(19)17(21)20-18(19)22/h2-10,15-16H,11H2,1H3,(H,20,21,22). The molecule has 2 amide bonds. The molecule has 4 heteroatoms. The first-order valence-electron chi connectivity index (χ1n) is 7.77. The number of hydrogen-bond acceptors (Lipinski definition) is 3. The lowest BCUT2D eigenvalue weighted by Gasteiger charge is -2.48. The lowest BCUT2D eigenvalue weighted by Crippen LogP contribution is -2.54. The summed E-state index contributed by atoms with van der Waals surface area (Å²) in [6, 6.07) is 18.2. The maximum atomic E-state index is 12.7. The van der Waals surface area contributed by atoms with Crippen molar-refractivity contribution in [2.75, 3.05) is 0 Å². The van der Waals surface area contributed by atoms with Crippen LogP contribution in [0.15, 0.2) is 59.5 Å². The van der Waals surface area contributed by atoms with Crippen LogP contribution in [0.3, 0.4) is 0 Å². The first-order chi connectivity index (χ1) is 11.1. The number of fused-ring (bicyclic) bond motifs is 1. The Balaban J connectivity index is 1.76. The molecule has 3 nitrogen and oxygen atoms in total. The molecule has 23 heavy (non-hydrogen) atoms. The normalized spacial score (nSPS) is 28.9. The second-order valence-corrected chi connectivity index (χ2v) is 7.63. The number of hydrogen-bond donors (Lipinski definition) is 1. The maximum absolute atomic E-state index is 12.7. The molecule has 1 heterocycles. The molecule has 2 aromatic carbocycles. The number of rotatable bonds is 3. The number of imide groups is 1. The minimum absolute atomic E-state index is 0.0747. The third kappa shape index (κ3) is 2.12. The van der Waals surface area contributed by atoms with Crippen LogP contribution in [0.5, 0.6) is 0 Å². The van der Waals surface area contributed by atoms with E-state index in [0.717, 1.165) is 22.4 Å². The number of aryl methyl sites for hydroxylation is 1. The molecular formula is C19H17NO2S. The minimum atomic E-state index is -0.702. The topological polar surface area (TPSA) is 46.2 Å². The van der Waals surface area contributed by atoms with Crippen molar-refractivity contribution < 1.29 is 9.59 Å². The van der Waals surface area contributed by atoms with E-state index in [1.807, 2.05) is 43.3 Å². The molecule has 1 saturated heterocycles. The number of benzene rings is 2. The van der Waals surface area contributed by atoms with Gasteiger partial charge < -0.3 is 0 Å². The highest BCUT2D eigenvalue weighted by Crippen LogP contribution is 2.62. The van der Waals surface area contributed by atoms with Crippen molar-refractivity contribution in [2.45, 2.75) is 28.9 Å². The SMILES string of the molecule is Cc1cccc(SC23C(=O)NC(=O)C2CC3c2ccccc2)c1. The van der Waals surface area contributed by atoms with Crippen molar-refractivity contribution in [3.8, 4) is 0 Å². The summed E-state index contributed by atoms with van der Waals surface area (Å²) in [4.78, 5) is 25.9. The Morgan fingerprint density at radius 1 is 1.04 bits per heavy atom. The van der Waals surface area contributed by atoms with E-state index in [9.17, 15) is 9.59 Å². The van der Waals surface area contributed by atoms with E-state index in [1.54, 1.807) is 11.8 Å². The van der Waals surface area contributed by atoms with Gasteiger partial charge in [0.25, 0.3) is 0 Å². The summed E-state index contributed by atoms with van der Waals surface area (Å²) in [6.45, 7) is 2.04. The van der Waals surface area contributed by atoms with Crippen LogP contribution in [0.1, 0.15) is 23.5 Å². The Morgan fingerprint density at radius 2 is 1.83 bits per heavy atom. The van der Waals surface area contributed by atoms with Gasteiger partial charge in [-0.15, -0.1) is 11.8 Å². The molecular weight excluding hydrogens is 306 g/mol. The van der Waals surface area contributed by atoms with Gasteiger partial charge >= 0.3 is 0 Å². The highest BCUT2D eigenvalue weighted by atomic mass is 32.2. The lowest BCUT2D eigenvalue weighted by molar-refractivity contribution is -0.125. The van der Waals surface area contributed by atoms with Crippen LogP contribution in [0.2, 0.25) is 0 Å². The fourth-order valence-electron chi connectivity index (χ4n) is 3.71. The molecule has 3 unspecified atom stereocenters. The van der Waals surface area contributed by atoms with Crippen LogP contribution in [-0.2, 0) is 9.59 Å². The van der Waals surface area contributed by atoms with E-state index in [2.05, 4.69) is 23.5 Å². The van der Waals surface area contributed by atoms with E-state index < -0.39 is 4.75 Å². The fourth-order valence-corrected chi connectivity index (χ4v) is 5.36. The fraction of sp³-hybridized carbons (Fsp3) is 0.263. The Labute approximate surface area is 139 Å². The van der Waals surface area contributed by atoms with E-state index in [0.29, 0.717) is 0 Å². The van der Waals surface area contributed by atoms with Gasteiger partial charge in [-0.05, 0) is 31.0 Å². The Hall–Kier alpha value is -2.07. The Bertz CT molecular complexity index is 789. The molecule has 3 atom stereocenters. The van der Waals surface area contributed by atoms with Gasteiger partial charge in [0.05, 0.1) is 5.92 Å². The van der Waals surface area contributed by atoms with Crippen LogP contribution in [0.4, 0.5) is 0 Å². The molecule has 2 aromatic rings. The Morgan fingerprint density at radius 3 is 2.52 bits per heavy atom. The first kappa shape index (κ1) is 14.5. The van der Waals surface area contributed by atoms with Gasteiger partial charge in [-0.25, -0.2) is 0 Å². The second kappa shape index (κ2) is 5.24. The van der Waals surface area contributed by atoms with Crippen LogP contribution in [-0.4, -0.2) is 16.6 Å². The molecule has 0 bridgehead atoms. The molecule has 0 radical (unpaired) electrons. The number of carbonyl (C=O) groups excluding carboxylic acids is 2. The zero-order chi connectivity index (χ0) is 16.0. The molecule has 1 N–H and O–H groups in total. The average molecular weight is 323 g/mol. The molecule has 1 aliphatic heterocycles. The van der Waals surface area contributed by atoms with Crippen molar-refractivity contribution >= 4 is 23.6 Å². The van der Waals surface area contributed by atoms with Crippen molar-refractivity contribution in [1.29, 1.82) is 0 Å². The molecule has 4 rings (SSSR count). The number of thioether (sulfide) groups is 1. The molecule has 1 aliphatic carbocycles. The van der Waals surface area contributed by atoms with Gasteiger partial charge in [-0.2, -0.15) is 0 Å². The summed E-state index contributed by atoms with van der Waals surface area (Å²) in [5, 5.41) is 2.56. The van der Waals surface area contributed by atoms with Gasteiger partial charge in [0.1, 0.15) is 4.75 Å². The van der Waals surface area contributed by atoms with Crippen molar-refractivity contribution in [2.24, 2.45) is 5.92 Å². The van der Waals surface area contributed by atoms with Crippen LogP contribution >= 0.6 is 11.8 Å². The molecule has 116 valence electrons. The molecule has 2 fully saturated rings. The largest absolute Gasteiger partial charge is 0.295 e. The van der Waals surface area contributed by atoms with E-state index in [-0.39, 0.29) is 23.7 Å². The predicted molar refractivity (Wildman–Crippen MR) is 90.2 cm³/mol. The van der Waals surface area contributed by atoms with Crippen molar-refractivity contribution in [1.82, 2.24) is 5.32 Å². The van der Waals surface area contributed by atoms with Crippen LogP contribution in [0, 0.1) is 12.8 Å². The lowest BCUT2D eigenvalue weighted by atomic mass is 9.62. The summed E-state index contributed by atoms with van der Waals surface area (Å²) in [7, 11) is 0. The van der Waals surface area contributed by atoms with E-state index >= 15 is 0 Å². The summed E-state index contributed by atoms with van der Waals surface area (Å²) in [6.07, 6.45) is 0.737. The average Bonchev–Trinajstić information content (AvgIpc) is 2.68. The Kier molecular flexibility index (Phi) is 3.31. The summed E-state index contributed by atoms with van der Waals surface area (Å²) in [5.74, 6) is -0.419. The molecule has 1 saturated carbocycles. The first-order valence-corrected chi connectivity index (χ1v) is 8.59. The minimum Gasteiger partial charge on any atom is -0.295 e. The third-order valence-electron chi connectivity index (χ3n) is 4.89. The molecule has 2 aliphatic rings. The highest BCUT2D eigenvalue weighted by Gasteiger charge is 2.68. The van der Waals surface area contributed by atoms with Gasteiger partial charge in [-0.3, -0.25) is 14.9 Å². The van der Waals surface area contributed by atoms with Crippen LogP contribution in [0.25, 0.3) is 0 Å². The van der Waals surface area contributed by atoms with Gasteiger partial charge in [-0.1, -0.05) is 48.0 Å². The summed E-state index contributed by atoms with van der Waals surface area (Å²) < 4.78 is -0.702.